The lowest BCUT2D eigenvalue weighted by atomic mass is 10.2. The number of aryl methyl sites for hydroxylation is 1. The predicted molar refractivity (Wildman–Crippen MR) is 88.3 cm³/mol. The van der Waals surface area contributed by atoms with Gasteiger partial charge in [0.2, 0.25) is 0 Å². The number of aromatic nitrogens is 2. The van der Waals surface area contributed by atoms with Crippen molar-refractivity contribution in [3.05, 3.63) is 34.1 Å². The zero-order valence-corrected chi connectivity index (χ0v) is 13.3. The molecule has 0 aromatic carbocycles. The van der Waals surface area contributed by atoms with Crippen LogP contribution in [0.2, 0.25) is 0 Å². The lowest BCUT2D eigenvalue weighted by Gasteiger charge is -2.14. The highest BCUT2D eigenvalue weighted by Gasteiger charge is 2.18. The minimum atomic E-state index is 0.366. The summed E-state index contributed by atoms with van der Waals surface area (Å²) >= 11 is 1.47. The van der Waals surface area contributed by atoms with Gasteiger partial charge >= 0.3 is 0 Å². The molecule has 0 spiro atoms. The van der Waals surface area contributed by atoms with E-state index in [0.29, 0.717) is 11.2 Å². The molecule has 2 aromatic rings. The van der Waals surface area contributed by atoms with E-state index in [1.807, 2.05) is 11.5 Å². The molecule has 0 amide bonds. The van der Waals surface area contributed by atoms with Gasteiger partial charge in [0, 0.05) is 29.9 Å². The van der Waals surface area contributed by atoms with Gasteiger partial charge in [0.1, 0.15) is 0 Å². The minimum absolute atomic E-state index is 0.366. The molecule has 0 radical (unpaired) electrons. The summed E-state index contributed by atoms with van der Waals surface area (Å²) in [5.74, 6) is 0. The number of hydrogen-bond acceptors (Lipinski definition) is 4. The molecule has 2 N–H and O–H groups in total. The first-order valence-electron chi connectivity index (χ1n) is 7.31. The van der Waals surface area contributed by atoms with Gasteiger partial charge in [-0.25, -0.2) is 4.98 Å². The lowest BCUT2D eigenvalue weighted by Crippen LogP contribution is -2.16. The van der Waals surface area contributed by atoms with Crippen LogP contribution in [0.15, 0.2) is 11.4 Å². The van der Waals surface area contributed by atoms with Crippen LogP contribution in [-0.2, 0) is 11.3 Å². The molecule has 5 heteroatoms. The monoisotopic (exact) mass is 303 g/mol. The zero-order valence-electron chi connectivity index (χ0n) is 12.5. The number of nitrogens with two attached hydrogens (primary N) is 1. The Morgan fingerprint density at radius 2 is 2.33 bits per heavy atom. The third-order valence-corrected chi connectivity index (χ3v) is 4.69. The van der Waals surface area contributed by atoms with E-state index in [0.717, 1.165) is 18.8 Å². The molecule has 21 heavy (non-hydrogen) atoms. The highest BCUT2D eigenvalue weighted by atomic mass is 32.1. The summed E-state index contributed by atoms with van der Waals surface area (Å²) in [6.07, 6.45) is 6.85. The lowest BCUT2D eigenvalue weighted by molar-refractivity contribution is 0.0962. The van der Waals surface area contributed by atoms with Crippen LogP contribution in [-0.4, -0.2) is 22.3 Å². The summed E-state index contributed by atoms with van der Waals surface area (Å²) in [5.41, 5.74) is 10.4. The van der Waals surface area contributed by atoms with Crippen LogP contribution < -0.4 is 5.73 Å². The summed E-state index contributed by atoms with van der Waals surface area (Å²) in [5, 5.41) is 2.58. The summed E-state index contributed by atoms with van der Waals surface area (Å²) in [6.45, 7) is 6.17. The summed E-state index contributed by atoms with van der Waals surface area (Å²) in [7, 11) is 0. The van der Waals surface area contributed by atoms with Gasteiger partial charge in [-0.05, 0) is 44.4 Å². The molecule has 4 nitrogen and oxygen atoms in total. The first kappa shape index (κ1) is 14.4. The average molecular weight is 303 g/mol. The van der Waals surface area contributed by atoms with Crippen molar-refractivity contribution in [3.8, 4) is 0 Å². The largest absolute Gasteiger partial charge is 0.376 e. The Bertz CT molecular complexity index is 651. The molecule has 3 rings (SSSR count). The van der Waals surface area contributed by atoms with Crippen LogP contribution in [0.3, 0.4) is 0 Å². The van der Waals surface area contributed by atoms with Gasteiger partial charge in [-0.15, -0.1) is 11.3 Å². The molecule has 1 saturated heterocycles. The summed E-state index contributed by atoms with van der Waals surface area (Å²) in [4.78, 5) is 4.25. The fraction of sp³-hybridized carbons (Fsp3) is 0.438. The molecular weight excluding hydrogens is 282 g/mol. The van der Waals surface area contributed by atoms with Gasteiger partial charge in [0.05, 0.1) is 11.8 Å². The first-order valence-corrected chi connectivity index (χ1v) is 8.19. The van der Waals surface area contributed by atoms with Crippen molar-refractivity contribution in [2.75, 3.05) is 12.3 Å². The first-order chi connectivity index (χ1) is 10.1. The van der Waals surface area contributed by atoms with E-state index in [1.54, 1.807) is 0 Å². The highest BCUT2D eigenvalue weighted by molar-refractivity contribution is 7.13. The Balaban J connectivity index is 1.78. The second-order valence-electron chi connectivity index (χ2n) is 5.52. The van der Waals surface area contributed by atoms with E-state index in [-0.39, 0.29) is 0 Å². The number of ether oxygens (including phenoxy) is 1. The normalized spacial score (nSPS) is 18.9. The van der Waals surface area contributed by atoms with Crippen molar-refractivity contribution < 1.29 is 4.74 Å². The summed E-state index contributed by atoms with van der Waals surface area (Å²) < 4.78 is 8.10. The van der Waals surface area contributed by atoms with E-state index in [9.17, 15) is 0 Å². The standard InChI is InChI=1S/C16H21N3OS/c1-11-8-13(5-6-14-10-21-16(17)18-14)12(2)19(11)9-15-4-3-7-20-15/h5-6,8,10,15H,3-4,7,9H2,1-2H3,(H2,17,18)/b6-5+. The Labute approximate surface area is 129 Å². The maximum atomic E-state index is 5.75. The maximum Gasteiger partial charge on any atom is 0.180 e. The Kier molecular flexibility index (Phi) is 4.12. The molecule has 0 saturated carbocycles. The van der Waals surface area contributed by atoms with Crippen molar-refractivity contribution in [3.63, 3.8) is 0 Å². The van der Waals surface area contributed by atoms with Gasteiger partial charge in [-0.2, -0.15) is 0 Å². The number of hydrogen-bond donors (Lipinski definition) is 1. The van der Waals surface area contributed by atoms with Crippen molar-refractivity contribution in [1.82, 2.24) is 9.55 Å². The molecule has 112 valence electrons. The molecule has 2 aromatic heterocycles. The van der Waals surface area contributed by atoms with Crippen molar-refractivity contribution in [1.29, 1.82) is 0 Å². The smallest absolute Gasteiger partial charge is 0.180 e. The van der Waals surface area contributed by atoms with Gasteiger partial charge in [-0.1, -0.05) is 6.08 Å². The molecule has 0 aliphatic carbocycles. The van der Waals surface area contributed by atoms with Crippen LogP contribution >= 0.6 is 11.3 Å². The van der Waals surface area contributed by atoms with Crippen LogP contribution in [0, 0.1) is 13.8 Å². The van der Waals surface area contributed by atoms with E-state index >= 15 is 0 Å². The molecule has 1 atom stereocenters. The van der Waals surface area contributed by atoms with Crippen molar-refractivity contribution in [2.24, 2.45) is 0 Å². The quantitative estimate of drug-likeness (QED) is 0.940. The number of nitrogens with zero attached hydrogens (tertiary/aromatic N) is 2. The van der Waals surface area contributed by atoms with Crippen LogP contribution in [0.1, 0.15) is 35.5 Å². The van der Waals surface area contributed by atoms with E-state index in [2.05, 4.69) is 35.5 Å². The summed E-state index contributed by atoms with van der Waals surface area (Å²) in [6, 6.07) is 2.22. The van der Waals surface area contributed by atoms with Gasteiger partial charge in [-0.3, -0.25) is 0 Å². The third-order valence-electron chi connectivity index (χ3n) is 4.00. The Hall–Kier alpha value is -1.59. The van der Waals surface area contributed by atoms with Gasteiger partial charge < -0.3 is 15.0 Å². The Morgan fingerprint density at radius 3 is 3.00 bits per heavy atom. The van der Waals surface area contributed by atoms with E-state index < -0.39 is 0 Å². The van der Waals surface area contributed by atoms with Crippen LogP contribution in [0.4, 0.5) is 5.13 Å². The Morgan fingerprint density at radius 1 is 1.48 bits per heavy atom. The minimum Gasteiger partial charge on any atom is -0.376 e. The second-order valence-corrected chi connectivity index (χ2v) is 6.41. The number of anilines is 1. The number of thiazole rings is 1. The number of nitrogen functional groups attached to an aromatic ring is 1. The fourth-order valence-electron chi connectivity index (χ4n) is 2.82. The second kappa shape index (κ2) is 6.03. The SMILES string of the molecule is Cc1cc(/C=C/c2csc(N)n2)c(C)n1CC1CCCO1. The molecule has 1 aliphatic rings. The molecular formula is C16H21N3OS. The molecule has 0 bridgehead atoms. The van der Waals surface area contributed by atoms with Crippen LogP contribution in [0.5, 0.6) is 0 Å². The predicted octanol–water partition coefficient (Wildman–Crippen LogP) is 3.49. The number of rotatable bonds is 4. The average Bonchev–Trinajstić information content (AvgIpc) is 3.15. The fourth-order valence-corrected chi connectivity index (χ4v) is 3.35. The third kappa shape index (κ3) is 3.19. The molecule has 1 fully saturated rings. The maximum absolute atomic E-state index is 5.75. The van der Waals surface area contributed by atoms with E-state index in [1.165, 1.54) is 41.1 Å². The molecule has 3 heterocycles. The van der Waals surface area contributed by atoms with E-state index in [4.69, 9.17) is 10.5 Å². The van der Waals surface area contributed by atoms with Gasteiger partial charge in [0.25, 0.3) is 0 Å². The van der Waals surface area contributed by atoms with Crippen molar-refractivity contribution in [2.45, 2.75) is 39.3 Å². The van der Waals surface area contributed by atoms with Crippen LogP contribution in [0.25, 0.3) is 12.2 Å². The van der Waals surface area contributed by atoms with Gasteiger partial charge in [0.15, 0.2) is 5.13 Å². The van der Waals surface area contributed by atoms with Crippen molar-refractivity contribution >= 4 is 28.6 Å². The molecule has 1 unspecified atom stereocenters. The molecule has 1 aliphatic heterocycles. The topological polar surface area (TPSA) is 53.1 Å². The zero-order chi connectivity index (χ0) is 14.8. The highest BCUT2D eigenvalue weighted by Crippen LogP contribution is 2.22.